The number of halogens is 1. The Kier molecular flexibility index (Phi) is 7.17. The second-order valence-electron chi connectivity index (χ2n) is 6.35. The van der Waals surface area contributed by atoms with Crippen molar-refractivity contribution in [2.24, 2.45) is 0 Å². The van der Waals surface area contributed by atoms with Crippen LogP contribution in [0.2, 0.25) is 5.02 Å². The topological polar surface area (TPSA) is 61.4 Å². The summed E-state index contributed by atoms with van der Waals surface area (Å²) in [4.78, 5) is 27.3. The van der Waals surface area contributed by atoms with Crippen LogP contribution in [0.15, 0.2) is 78.9 Å². The van der Waals surface area contributed by atoms with E-state index >= 15 is 0 Å². The average Bonchev–Trinajstić information content (AvgIpc) is 2.75. The van der Waals surface area contributed by atoms with Crippen molar-refractivity contribution in [3.8, 4) is 0 Å². The molecule has 0 heterocycles. The number of benzene rings is 3. The number of thiocarbonyl (C=S) groups is 1. The van der Waals surface area contributed by atoms with Crippen molar-refractivity contribution in [1.82, 2.24) is 5.32 Å². The lowest BCUT2D eigenvalue weighted by atomic mass is 10.1. The molecule has 0 fully saturated rings. The van der Waals surface area contributed by atoms with E-state index in [0.717, 1.165) is 5.69 Å². The van der Waals surface area contributed by atoms with Gasteiger partial charge in [-0.15, -0.1) is 0 Å². The molecule has 30 heavy (non-hydrogen) atoms. The highest BCUT2D eigenvalue weighted by Gasteiger charge is 2.19. The molecule has 3 aromatic rings. The van der Waals surface area contributed by atoms with Crippen LogP contribution in [0.3, 0.4) is 0 Å². The van der Waals surface area contributed by atoms with Gasteiger partial charge in [-0.3, -0.25) is 14.9 Å². The first-order chi connectivity index (χ1) is 14.5. The zero-order valence-corrected chi connectivity index (χ0v) is 17.8. The van der Waals surface area contributed by atoms with Gasteiger partial charge in [0, 0.05) is 22.8 Å². The Morgan fingerprint density at radius 3 is 2.37 bits per heavy atom. The summed E-state index contributed by atoms with van der Waals surface area (Å²) in [5.74, 6) is -0.561. The number of hydrogen-bond acceptors (Lipinski definition) is 3. The molecule has 3 aromatic carbocycles. The lowest BCUT2D eigenvalue weighted by Gasteiger charge is -2.23. The predicted octanol–water partition coefficient (Wildman–Crippen LogP) is 5.13. The number of amides is 2. The van der Waals surface area contributed by atoms with Crippen LogP contribution in [0.1, 0.15) is 27.6 Å². The van der Waals surface area contributed by atoms with Gasteiger partial charge in [0.25, 0.3) is 11.8 Å². The Bertz CT molecular complexity index is 1070. The second-order valence-corrected chi connectivity index (χ2v) is 7.19. The van der Waals surface area contributed by atoms with Gasteiger partial charge in [0.1, 0.15) is 0 Å². The maximum Gasteiger partial charge on any atom is 0.260 e. The lowest BCUT2D eigenvalue weighted by Crippen LogP contribution is -2.35. The number of carbonyl (C=O) groups is 2. The highest BCUT2D eigenvalue weighted by molar-refractivity contribution is 7.80. The van der Waals surface area contributed by atoms with Gasteiger partial charge in [-0.25, -0.2) is 0 Å². The summed E-state index contributed by atoms with van der Waals surface area (Å²) in [5.41, 5.74) is 2.14. The highest BCUT2D eigenvalue weighted by Crippen LogP contribution is 2.22. The van der Waals surface area contributed by atoms with Gasteiger partial charge in [-0.1, -0.05) is 48.0 Å². The zero-order valence-electron chi connectivity index (χ0n) is 16.3. The van der Waals surface area contributed by atoms with Gasteiger partial charge in [0.05, 0.1) is 11.3 Å². The Hall–Kier alpha value is -3.22. The predicted molar refractivity (Wildman–Crippen MR) is 125 cm³/mol. The zero-order chi connectivity index (χ0) is 21.5. The van der Waals surface area contributed by atoms with E-state index in [1.165, 1.54) is 0 Å². The molecule has 0 radical (unpaired) electrons. The summed E-state index contributed by atoms with van der Waals surface area (Å²) in [6, 6.07) is 23.0. The van der Waals surface area contributed by atoms with Crippen molar-refractivity contribution in [3.05, 3.63) is 95.0 Å². The van der Waals surface area contributed by atoms with E-state index in [1.807, 2.05) is 37.3 Å². The molecule has 2 amide bonds. The molecule has 0 saturated carbocycles. The third kappa shape index (κ3) is 5.23. The van der Waals surface area contributed by atoms with Gasteiger partial charge < -0.3 is 10.2 Å². The SMILES string of the molecule is CCN(C(=O)c1ccccc1NC(=S)NC(=O)c1cccc(Cl)c1)c1ccccc1. The first kappa shape index (κ1) is 21.5. The molecule has 0 spiro atoms. The highest BCUT2D eigenvalue weighted by atomic mass is 35.5. The summed E-state index contributed by atoms with van der Waals surface area (Å²) >= 11 is 11.2. The van der Waals surface area contributed by atoms with E-state index in [1.54, 1.807) is 53.4 Å². The molecule has 0 saturated heterocycles. The van der Waals surface area contributed by atoms with Crippen molar-refractivity contribution in [2.45, 2.75) is 6.92 Å². The van der Waals surface area contributed by atoms with Crippen molar-refractivity contribution in [1.29, 1.82) is 0 Å². The molecule has 0 aliphatic heterocycles. The van der Waals surface area contributed by atoms with Gasteiger partial charge in [0.15, 0.2) is 5.11 Å². The van der Waals surface area contributed by atoms with Crippen molar-refractivity contribution in [2.75, 3.05) is 16.8 Å². The van der Waals surface area contributed by atoms with E-state index in [0.29, 0.717) is 28.4 Å². The van der Waals surface area contributed by atoms with E-state index < -0.39 is 5.91 Å². The van der Waals surface area contributed by atoms with Crippen molar-refractivity contribution < 1.29 is 9.59 Å². The number of carbonyl (C=O) groups excluding carboxylic acids is 2. The molecular formula is C23H20ClN3O2S. The average molecular weight is 438 g/mol. The molecule has 0 aliphatic rings. The third-order valence-electron chi connectivity index (χ3n) is 4.35. The Labute approximate surface area is 185 Å². The third-order valence-corrected chi connectivity index (χ3v) is 4.79. The molecule has 0 unspecified atom stereocenters. The van der Waals surface area contributed by atoms with Crippen LogP contribution in [0.4, 0.5) is 11.4 Å². The normalized spacial score (nSPS) is 10.2. The summed E-state index contributed by atoms with van der Waals surface area (Å²) < 4.78 is 0. The van der Waals surface area contributed by atoms with Gasteiger partial charge in [-0.2, -0.15) is 0 Å². The van der Waals surface area contributed by atoms with Crippen LogP contribution < -0.4 is 15.5 Å². The molecule has 5 nitrogen and oxygen atoms in total. The summed E-state index contributed by atoms with van der Waals surface area (Å²) in [5, 5.41) is 6.11. The number of hydrogen-bond donors (Lipinski definition) is 2. The van der Waals surface area contributed by atoms with Crippen molar-refractivity contribution in [3.63, 3.8) is 0 Å². The van der Waals surface area contributed by atoms with Gasteiger partial charge >= 0.3 is 0 Å². The van der Waals surface area contributed by atoms with Crippen LogP contribution in [0.25, 0.3) is 0 Å². The summed E-state index contributed by atoms with van der Waals surface area (Å²) in [6.45, 7) is 2.42. The largest absolute Gasteiger partial charge is 0.332 e. The van der Waals surface area contributed by atoms with E-state index in [2.05, 4.69) is 10.6 Å². The Morgan fingerprint density at radius 1 is 0.967 bits per heavy atom. The number of nitrogens with one attached hydrogen (secondary N) is 2. The molecular weight excluding hydrogens is 418 g/mol. The molecule has 0 aromatic heterocycles. The van der Waals surface area contributed by atoms with Gasteiger partial charge in [-0.05, 0) is 61.6 Å². The first-order valence-corrected chi connectivity index (χ1v) is 10.1. The number of para-hydroxylation sites is 2. The maximum atomic E-state index is 13.2. The number of rotatable bonds is 5. The first-order valence-electron chi connectivity index (χ1n) is 9.33. The maximum absolute atomic E-state index is 13.2. The van der Waals surface area contributed by atoms with E-state index in [-0.39, 0.29) is 11.0 Å². The summed E-state index contributed by atoms with van der Waals surface area (Å²) in [6.07, 6.45) is 0. The number of anilines is 2. The molecule has 0 bridgehead atoms. The molecule has 0 atom stereocenters. The fourth-order valence-electron chi connectivity index (χ4n) is 2.93. The second kappa shape index (κ2) is 10.0. The minimum atomic E-state index is -0.390. The molecule has 2 N–H and O–H groups in total. The fourth-order valence-corrected chi connectivity index (χ4v) is 3.33. The van der Waals surface area contributed by atoms with Crippen molar-refractivity contribution >= 4 is 52.1 Å². The minimum Gasteiger partial charge on any atom is -0.332 e. The fraction of sp³-hybridized carbons (Fsp3) is 0.0870. The standard InChI is InChI=1S/C23H20ClN3O2S/c1-2-27(18-11-4-3-5-12-18)22(29)19-13-6-7-14-20(19)25-23(30)26-21(28)16-9-8-10-17(24)15-16/h3-15H,2H2,1H3,(H2,25,26,28,30). The van der Waals surface area contributed by atoms with Crippen LogP contribution in [-0.2, 0) is 0 Å². The smallest absolute Gasteiger partial charge is 0.260 e. The molecule has 3 rings (SSSR count). The molecule has 0 aliphatic carbocycles. The quantitative estimate of drug-likeness (QED) is 0.543. The van der Waals surface area contributed by atoms with Gasteiger partial charge in [0.2, 0.25) is 0 Å². The molecule has 152 valence electrons. The lowest BCUT2D eigenvalue weighted by molar-refractivity contribution is 0.0974. The van der Waals surface area contributed by atoms with Crippen LogP contribution in [0.5, 0.6) is 0 Å². The van der Waals surface area contributed by atoms with E-state index in [4.69, 9.17) is 23.8 Å². The van der Waals surface area contributed by atoms with Crippen LogP contribution >= 0.6 is 23.8 Å². The van der Waals surface area contributed by atoms with E-state index in [9.17, 15) is 9.59 Å². The van der Waals surface area contributed by atoms with Crippen LogP contribution in [0, 0.1) is 0 Å². The molecule has 7 heteroatoms. The monoisotopic (exact) mass is 437 g/mol. The Morgan fingerprint density at radius 2 is 1.67 bits per heavy atom. The number of nitrogens with zero attached hydrogens (tertiary/aromatic N) is 1. The minimum absolute atomic E-state index is 0.0861. The summed E-state index contributed by atoms with van der Waals surface area (Å²) in [7, 11) is 0. The Balaban J connectivity index is 1.77. The van der Waals surface area contributed by atoms with Crippen LogP contribution in [-0.4, -0.2) is 23.5 Å².